The molecule has 1 aliphatic heterocycles. The zero-order valence-electron chi connectivity index (χ0n) is 10.6. The molecule has 7 heteroatoms. The number of hydrogen-bond acceptors (Lipinski definition) is 6. The minimum absolute atomic E-state index is 0.0102. The molecular formula is C12H14BrNO4S. The minimum atomic E-state index is -0.399. The summed E-state index contributed by atoms with van der Waals surface area (Å²) >= 11 is 4.29. The lowest BCUT2D eigenvalue weighted by Gasteiger charge is -2.06. The minimum Gasteiger partial charge on any atom is -0.469 e. The molecule has 0 saturated carbocycles. The summed E-state index contributed by atoms with van der Waals surface area (Å²) in [7, 11) is 1.35. The summed E-state index contributed by atoms with van der Waals surface area (Å²) in [6, 6.07) is 0. The fourth-order valence-electron chi connectivity index (χ4n) is 1.25. The van der Waals surface area contributed by atoms with Gasteiger partial charge in [0.25, 0.3) is 0 Å². The summed E-state index contributed by atoms with van der Waals surface area (Å²) in [6.07, 6.45) is 6.18. The van der Waals surface area contributed by atoms with Crippen LogP contribution in [0.25, 0.3) is 0 Å². The van der Waals surface area contributed by atoms with Crippen LogP contribution in [-0.2, 0) is 18.5 Å². The van der Waals surface area contributed by atoms with Gasteiger partial charge in [-0.2, -0.15) is 0 Å². The average molecular weight is 348 g/mol. The lowest BCUT2D eigenvalue weighted by Crippen LogP contribution is -2.00. The molecule has 5 nitrogen and oxygen atoms in total. The van der Waals surface area contributed by atoms with Gasteiger partial charge in [0.05, 0.1) is 11.9 Å². The van der Waals surface area contributed by atoms with E-state index in [0.717, 1.165) is 17.6 Å². The molecule has 0 fully saturated rings. The molecule has 0 N–H and O–H groups in total. The molecular weight excluding hydrogens is 334 g/mol. The van der Waals surface area contributed by atoms with E-state index in [2.05, 4.69) is 25.7 Å². The van der Waals surface area contributed by atoms with Gasteiger partial charge in [0.1, 0.15) is 17.1 Å². The summed E-state index contributed by atoms with van der Waals surface area (Å²) in [5.74, 6) is -0.690. The third-order valence-electron chi connectivity index (χ3n) is 2.15. The Balaban J connectivity index is 2.80. The van der Waals surface area contributed by atoms with Crippen LogP contribution in [0, 0.1) is 0 Å². The van der Waals surface area contributed by atoms with Crippen LogP contribution in [0.4, 0.5) is 0 Å². The van der Waals surface area contributed by atoms with Gasteiger partial charge < -0.3 is 8.92 Å². The molecule has 1 heterocycles. The Bertz CT molecular complexity index is 445. The van der Waals surface area contributed by atoms with E-state index in [-0.39, 0.29) is 17.2 Å². The van der Waals surface area contributed by atoms with Crippen LogP contribution in [0.5, 0.6) is 0 Å². The number of alkyl halides is 1. The standard InChI is InChI=1S/C12H14BrNO4S/c1-8(15)18-19-12-9(4-6-11(16)17-2)3-5-10(13)7-14-12/h3,5,7,10H,4,6H2,1-2H3. The second-order valence-corrected chi connectivity index (χ2v) is 5.42. The fourth-order valence-corrected chi connectivity index (χ4v) is 2.10. The molecule has 0 aromatic rings. The second kappa shape index (κ2) is 8.16. The number of ether oxygens (including phenoxy) is 1. The predicted octanol–water partition coefficient (Wildman–Crippen LogP) is 2.77. The number of carbonyl (C=O) groups is 2. The molecule has 0 bridgehead atoms. The number of carbonyl (C=O) groups excluding carboxylic acids is 2. The molecule has 0 aliphatic carbocycles. The smallest absolute Gasteiger partial charge is 0.315 e. The van der Waals surface area contributed by atoms with Crippen LogP contribution in [-0.4, -0.2) is 30.1 Å². The first-order chi connectivity index (χ1) is 9.02. The highest BCUT2D eigenvalue weighted by Crippen LogP contribution is 2.28. The number of methoxy groups -OCH3 is 1. The Morgan fingerprint density at radius 3 is 2.89 bits per heavy atom. The topological polar surface area (TPSA) is 65.0 Å². The van der Waals surface area contributed by atoms with E-state index in [1.54, 1.807) is 6.21 Å². The first-order valence-electron chi connectivity index (χ1n) is 5.54. The Hall–Kier alpha value is -1.08. The van der Waals surface area contributed by atoms with Gasteiger partial charge in [-0.05, 0) is 12.0 Å². The Kier molecular flexibility index (Phi) is 6.86. The van der Waals surface area contributed by atoms with Crippen molar-refractivity contribution in [1.29, 1.82) is 0 Å². The maximum absolute atomic E-state index is 11.2. The third kappa shape index (κ3) is 6.07. The Morgan fingerprint density at radius 1 is 1.53 bits per heavy atom. The van der Waals surface area contributed by atoms with Crippen LogP contribution in [0.15, 0.2) is 27.7 Å². The van der Waals surface area contributed by atoms with Crippen molar-refractivity contribution in [3.63, 3.8) is 0 Å². The summed E-state index contributed by atoms with van der Waals surface area (Å²) in [4.78, 5) is 26.3. The fraction of sp³-hybridized carbons (Fsp3) is 0.417. The van der Waals surface area contributed by atoms with E-state index in [1.165, 1.54) is 14.0 Å². The normalized spacial score (nSPS) is 18.2. The van der Waals surface area contributed by atoms with E-state index in [9.17, 15) is 9.59 Å². The van der Waals surface area contributed by atoms with Gasteiger partial charge in [0, 0.05) is 19.6 Å². The second-order valence-electron chi connectivity index (χ2n) is 3.65. The Labute approximate surface area is 124 Å². The predicted molar refractivity (Wildman–Crippen MR) is 78.0 cm³/mol. The van der Waals surface area contributed by atoms with Crippen molar-refractivity contribution in [1.82, 2.24) is 0 Å². The van der Waals surface area contributed by atoms with Gasteiger partial charge in [-0.15, -0.1) is 0 Å². The maximum Gasteiger partial charge on any atom is 0.315 e. The van der Waals surface area contributed by atoms with Crippen molar-refractivity contribution in [2.45, 2.75) is 24.6 Å². The lowest BCUT2D eigenvalue weighted by atomic mass is 10.1. The number of halogens is 1. The lowest BCUT2D eigenvalue weighted by molar-refractivity contribution is -0.140. The van der Waals surface area contributed by atoms with E-state index < -0.39 is 5.97 Å². The molecule has 0 aromatic carbocycles. The van der Waals surface area contributed by atoms with Crippen LogP contribution >= 0.6 is 28.0 Å². The third-order valence-corrected chi connectivity index (χ3v) is 3.54. The Morgan fingerprint density at radius 2 is 2.26 bits per heavy atom. The molecule has 104 valence electrons. The molecule has 0 amide bonds. The van der Waals surface area contributed by atoms with Crippen molar-refractivity contribution in [2.24, 2.45) is 4.99 Å². The van der Waals surface area contributed by atoms with Crippen LogP contribution in [0.1, 0.15) is 19.8 Å². The van der Waals surface area contributed by atoms with E-state index in [4.69, 9.17) is 4.18 Å². The van der Waals surface area contributed by atoms with Crippen LogP contribution in [0.2, 0.25) is 0 Å². The molecule has 1 rings (SSSR count). The molecule has 19 heavy (non-hydrogen) atoms. The van der Waals surface area contributed by atoms with Gasteiger partial charge >= 0.3 is 11.9 Å². The van der Waals surface area contributed by atoms with E-state index in [0.29, 0.717) is 11.4 Å². The molecule has 0 spiro atoms. The average Bonchev–Trinajstić information content (AvgIpc) is 2.55. The van der Waals surface area contributed by atoms with Gasteiger partial charge in [-0.1, -0.05) is 28.1 Å². The van der Waals surface area contributed by atoms with E-state index in [1.807, 2.05) is 12.2 Å². The highest BCUT2D eigenvalue weighted by atomic mass is 79.9. The number of rotatable bonds is 5. The first kappa shape index (κ1) is 16.0. The summed E-state index contributed by atoms with van der Waals surface area (Å²) in [5.41, 5.74) is 0.829. The summed E-state index contributed by atoms with van der Waals surface area (Å²) < 4.78 is 9.48. The van der Waals surface area contributed by atoms with Crippen LogP contribution < -0.4 is 0 Å². The molecule has 1 atom stereocenters. The number of aliphatic imine (C=N–C) groups is 1. The molecule has 0 saturated heterocycles. The largest absolute Gasteiger partial charge is 0.469 e. The van der Waals surface area contributed by atoms with Crippen LogP contribution in [0.3, 0.4) is 0 Å². The van der Waals surface area contributed by atoms with Crippen molar-refractivity contribution >= 4 is 46.1 Å². The highest BCUT2D eigenvalue weighted by molar-refractivity contribution is 9.10. The highest BCUT2D eigenvalue weighted by Gasteiger charge is 2.13. The van der Waals surface area contributed by atoms with Crippen molar-refractivity contribution in [2.75, 3.05) is 7.11 Å². The maximum atomic E-state index is 11.2. The van der Waals surface area contributed by atoms with Crippen molar-refractivity contribution in [3.8, 4) is 0 Å². The quantitative estimate of drug-likeness (QED) is 0.434. The molecule has 1 aliphatic rings. The van der Waals surface area contributed by atoms with Gasteiger partial charge in [-0.25, -0.2) is 4.99 Å². The summed E-state index contributed by atoms with van der Waals surface area (Å²) in [5, 5.41) is 0.567. The molecule has 0 aromatic heterocycles. The number of nitrogens with zero attached hydrogens (tertiary/aromatic N) is 1. The van der Waals surface area contributed by atoms with E-state index >= 15 is 0 Å². The number of allylic oxidation sites excluding steroid dienone is 3. The molecule has 1 unspecified atom stereocenters. The zero-order valence-corrected chi connectivity index (χ0v) is 13.0. The number of hydrogen-bond donors (Lipinski definition) is 0. The van der Waals surface area contributed by atoms with Gasteiger partial charge in [-0.3, -0.25) is 9.59 Å². The number of esters is 1. The first-order valence-corrected chi connectivity index (χ1v) is 7.20. The summed E-state index contributed by atoms with van der Waals surface area (Å²) in [6.45, 7) is 1.32. The van der Waals surface area contributed by atoms with Gasteiger partial charge in [0.15, 0.2) is 0 Å². The zero-order chi connectivity index (χ0) is 14.3. The SMILES string of the molecule is COC(=O)CCC1=C(SOC(C)=O)N=CC(Br)C=C1. The van der Waals surface area contributed by atoms with Gasteiger partial charge in [0.2, 0.25) is 0 Å². The van der Waals surface area contributed by atoms with Crippen molar-refractivity contribution < 1.29 is 18.5 Å². The van der Waals surface area contributed by atoms with Crippen molar-refractivity contribution in [3.05, 3.63) is 22.8 Å². The monoisotopic (exact) mass is 347 g/mol. The molecule has 0 radical (unpaired) electrons.